The van der Waals surface area contributed by atoms with E-state index in [4.69, 9.17) is 18.9 Å². The Bertz CT molecular complexity index is 1430. The molecule has 0 saturated carbocycles. The van der Waals surface area contributed by atoms with Crippen LogP contribution in [0, 0.1) is 0 Å². The van der Waals surface area contributed by atoms with Gasteiger partial charge in [-0.05, 0) is 83.6 Å². The molecule has 4 aromatic carbocycles. The Morgan fingerprint density at radius 1 is 0.400 bits per heavy atom. The van der Waals surface area contributed by atoms with E-state index in [1.807, 2.05) is 62.4 Å². The molecule has 0 amide bonds. The first kappa shape index (κ1) is 38.8. The molecule has 0 radical (unpaired) electrons. The second-order valence-electron chi connectivity index (χ2n) is 14.1. The largest absolute Gasteiger partial charge is 0.491 e. The highest BCUT2D eigenvalue weighted by atomic mass is 16.5. The van der Waals surface area contributed by atoms with Crippen molar-refractivity contribution in [2.75, 3.05) is 26.4 Å². The molecule has 2 unspecified atom stereocenters. The Balaban J connectivity index is 1.23. The van der Waals surface area contributed by atoms with Crippen molar-refractivity contribution in [1.29, 1.82) is 0 Å². The van der Waals surface area contributed by atoms with E-state index in [-0.39, 0.29) is 24.0 Å². The highest BCUT2D eigenvalue weighted by molar-refractivity contribution is 5.43. The molecule has 0 heterocycles. The molecule has 7 heteroatoms. The van der Waals surface area contributed by atoms with Gasteiger partial charge in [0.05, 0.1) is 12.2 Å². The SMILES string of the molecule is CCCC(O)COc1ccc(C(C)(C)c2ccc(OCC(O)COc3ccc(C(C)(C)c4ccc(OCC(O)CCC)cc4)cc3)cc2)cc1. The smallest absolute Gasteiger partial charge is 0.122 e. The van der Waals surface area contributed by atoms with Crippen molar-refractivity contribution in [3.05, 3.63) is 119 Å². The molecule has 0 bridgehead atoms. The quantitative estimate of drug-likeness (QED) is 0.0863. The lowest BCUT2D eigenvalue weighted by molar-refractivity contribution is 0.0626. The van der Waals surface area contributed by atoms with Crippen LogP contribution in [0.25, 0.3) is 0 Å². The van der Waals surface area contributed by atoms with E-state index in [0.29, 0.717) is 24.7 Å². The van der Waals surface area contributed by atoms with Crippen molar-refractivity contribution in [2.45, 2.75) is 96.4 Å². The molecule has 0 aliphatic heterocycles. The first-order valence-corrected chi connectivity index (χ1v) is 17.9. The van der Waals surface area contributed by atoms with Crippen LogP contribution < -0.4 is 18.9 Å². The average molecular weight is 685 g/mol. The first-order valence-electron chi connectivity index (χ1n) is 17.9. The van der Waals surface area contributed by atoms with E-state index in [1.165, 1.54) is 0 Å². The highest BCUT2D eigenvalue weighted by Gasteiger charge is 2.24. The van der Waals surface area contributed by atoms with E-state index in [1.54, 1.807) is 0 Å². The van der Waals surface area contributed by atoms with Gasteiger partial charge in [0.25, 0.3) is 0 Å². The van der Waals surface area contributed by atoms with Crippen LogP contribution in [0.3, 0.4) is 0 Å². The van der Waals surface area contributed by atoms with Crippen molar-refractivity contribution in [1.82, 2.24) is 0 Å². The molecular weight excluding hydrogens is 628 g/mol. The van der Waals surface area contributed by atoms with Gasteiger partial charge in [0.15, 0.2) is 0 Å². The van der Waals surface area contributed by atoms with Crippen molar-refractivity contribution in [3.8, 4) is 23.0 Å². The summed E-state index contributed by atoms with van der Waals surface area (Å²) in [6, 6.07) is 32.0. The molecule has 0 fully saturated rings. The maximum Gasteiger partial charge on any atom is 0.122 e. The van der Waals surface area contributed by atoms with Gasteiger partial charge in [-0.1, -0.05) is 103 Å². The molecule has 7 nitrogen and oxygen atoms in total. The summed E-state index contributed by atoms with van der Waals surface area (Å²) in [5, 5.41) is 30.5. The Morgan fingerprint density at radius 3 is 0.840 bits per heavy atom. The molecule has 0 aliphatic rings. The first-order chi connectivity index (χ1) is 23.9. The fourth-order valence-electron chi connectivity index (χ4n) is 5.86. The van der Waals surface area contributed by atoms with Gasteiger partial charge < -0.3 is 34.3 Å². The number of rotatable bonds is 20. The van der Waals surface area contributed by atoms with Crippen LogP contribution in [-0.2, 0) is 10.8 Å². The summed E-state index contributed by atoms with van der Waals surface area (Å²) >= 11 is 0. The maximum absolute atomic E-state index is 10.6. The van der Waals surface area contributed by atoms with E-state index in [2.05, 4.69) is 76.2 Å². The van der Waals surface area contributed by atoms with Gasteiger partial charge in [0.1, 0.15) is 55.5 Å². The van der Waals surface area contributed by atoms with Gasteiger partial charge in [0, 0.05) is 10.8 Å². The lowest BCUT2D eigenvalue weighted by Gasteiger charge is -2.27. The van der Waals surface area contributed by atoms with Crippen molar-refractivity contribution in [3.63, 3.8) is 0 Å². The standard InChI is InChI=1S/C43H56O7/c1-7-9-35(44)27-47-38-19-11-31(12-20-38)42(3,4)33-15-23-40(24-16-33)49-29-37(46)30-50-41-25-17-34(18-26-41)43(5,6)32-13-21-39(22-14-32)48-28-36(45)10-8-2/h11-26,35-37,44-46H,7-10,27-30H2,1-6H3. The Labute approximate surface area is 298 Å². The summed E-state index contributed by atoms with van der Waals surface area (Å²) in [5.74, 6) is 2.85. The zero-order valence-corrected chi connectivity index (χ0v) is 30.6. The summed E-state index contributed by atoms with van der Waals surface area (Å²) < 4.78 is 23.2. The van der Waals surface area contributed by atoms with Gasteiger partial charge in [-0.2, -0.15) is 0 Å². The molecule has 3 N–H and O–H groups in total. The summed E-state index contributed by atoms with van der Waals surface area (Å²) in [7, 11) is 0. The Hall–Kier alpha value is -4.04. The topological polar surface area (TPSA) is 97.6 Å². The van der Waals surface area contributed by atoms with Gasteiger partial charge in [-0.25, -0.2) is 0 Å². The summed E-state index contributed by atoms with van der Waals surface area (Å²) in [6.45, 7) is 13.6. The van der Waals surface area contributed by atoms with Crippen LogP contribution in [0.4, 0.5) is 0 Å². The number of aliphatic hydroxyl groups excluding tert-OH is 3. The summed E-state index contributed by atoms with van der Waals surface area (Å²) in [6.07, 6.45) is 1.62. The molecular formula is C43H56O7. The molecule has 4 rings (SSSR count). The lowest BCUT2D eigenvalue weighted by atomic mass is 9.78. The van der Waals surface area contributed by atoms with Gasteiger partial charge in [-0.3, -0.25) is 0 Å². The third-order valence-electron chi connectivity index (χ3n) is 9.32. The predicted octanol–water partition coefficient (Wildman–Crippen LogP) is 8.24. The molecule has 0 saturated heterocycles. The Morgan fingerprint density at radius 2 is 0.620 bits per heavy atom. The van der Waals surface area contributed by atoms with Crippen LogP contribution in [0.5, 0.6) is 23.0 Å². The van der Waals surface area contributed by atoms with Crippen LogP contribution in [0.15, 0.2) is 97.1 Å². The second-order valence-corrected chi connectivity index (χ2v) is 14.1. The van der Waals surface area contributed by atoms with Gasteiger partial charge in [0.2, 0.25) is 0 Å². The second kappa shape index (κ2) is 18.3. The van der Waals surface area contributed by atoms with E-state index in [9.17, 15) is 15.3 Å². The minimum absolute atomic E-state index is 0.111. The minimum Gasteiger partial charge on any atom is -0.491 e. The van der Waals surface area contributed by atoms with Crippen molar-refractivity contribution < 1.29 is 34.3 Å². The zero-order chi connectivity index (χ0) is 36.1. The molecule has 2 atom stereocenters. The van der Waals surface area contributed by atoms with E-state index < -0.39 is 18.3 Å². The van der Waals surface area contributed by atoms with Gasteiger partial charge >= 0.3 is 0 Å². The predicted molar refractivity (Wildman–Crippen MR) is 200 cm³/mol. The number of benzene rings is 4. The maximum atomic E-state index is 10.6. The van der Waals surface area contributed by atoms with Crippen LogP contribution in [0.2, 0.25) is 0 Å². The normalized spacial score (nSPS) is 13.7. The number of ether oxygens (including phenoxy) is 4. The van der Waals surface area contributed by atoms with E-state index >= 15 is 0 Å². The van der Waals surface area contributed by atoms with Crippen molar-refractivity contribution in [2.24, 2.45) is 0 Å². The fraction of sp³-hybridized carbons (Fsp3) is 0.442. The number of hydrogen-bond donors (Lipinski definition) is 3. The lowest BCUT2D eigenvalue weighted by Crippen LogP contribution is -2.25. The number of hydrogen-bond acceptors (Lipinski definition) is 7. The molecule has 0 aliphatic carbocycles. The third kappa shape index (κ3) is 11.0. The minimum atomic E-state index is -0.796. The van der Waals surface area contributed by atoms with Gasteiger partial charge in [-0.15, -0.1) is 0 Å². The summed E-state index contributed by atoms with van der Waals surface area (Å²) in [4.78, 5) is 0. The molecule has 4 aromatic rings. The van der Waals surface area contributed by atoms with Crippen LogP contribution in [-0.4, -0.2) is 60.1 Å². The molecule has 0 spiro atoms. The monoisotopic (exact) mass is 684 g/mol. The molecule has 0 aromatic heterocycles. The average Bonchev–Trinajstić information content (AvgIpc) is 3.12. The summed E-state index contributed by atoms with van der Waals surface area (Å²) in [5.41, 5.74) is 4.09. The molecule has 270 valence electrons. The van der Waals surface area contributed by atoms with Crippen molar-refractivity contribution >= 4 is 0 Å². The third-order valence-corrected chi connectivity index (χ3v) is 9.32. The number of aliphatic hydroxyl groups is 3. The highest BCUT2D eigenvalue weighted by Crippen LogP contribution is 2.35. The Kier molecular flexibility index (Phi) is 14.2. The van der Waals surface area contributed by atoms with E-state index in [0.717, 1.165) is 59.4 Å². The van der Waals surface area contributed by atoms with Crippen LogP contribution in [0.1, 0.15) is 89.5 Å². The fourth-order valence-corrected chi connectivity index (χ4v) is 5.86. The molecule has 50 heavy (non-hydrogen) atoms. The zero-order valence-electron chi connectivity index (χ0n) is 30.6. The van der Waals surface area contributed by atoms with Crippen LogP contribution >= 0.6 is 0 Å².